The second-order valence-corrected chi connectivity index (χ2v) is 14.8. The van der Waals surface area contributed by atoms with Crippen molar-refractivity contribution in [2.24, 2.45) is 5.73 Å². The van der Waals surface area contributed by atoms with Gasteiger partial charge in [-0.25, -0.2) is 8.42 Å². The van der Waals surface area contributed by atoms with Crippen molar-refractivity contribution in [2.75, 3.05) is 19.4 Å². The van der Waals surface area contributed by atoms with Gasteiger partial charge in [0.25, 0.3) is 0 Å². The molecule has 2 N–H and O–H groups in total. The Balaban J connectivity index is 2.65. The van der Waals surface area contributed by atoms with Crippen LogP contribution in [0.1, 0.15) is 46.5 Å². The smallest absolute Gasteiger partial charge is 0.211 e. The van der Waals surface area contributed by atoms with Crippen LogP contribution in [0.5, 0.6) is 0 Å². The summed E-state index contributed by atoms with van der Waals surface area (Å²) in [5, 5.41) is 0.139. The van der Waals surface area contributed by atoms with Gasteiger partial charge in [-0.05, 0) is 43.8 Å². The Morgan fingerprint density at radius 2 is 1.68 bits per heavy atom. The Labute approximate surface area is 137 Å². The minimum Gasteiger partial charge on any atom is -0.415 e. The van der Waals surface area contributed by atoms with Gasteiger partial charge in [-0.1, -0.05) is 20.8 Å². The van der Waals surface area contributed by atoms with E-state index in [9.17, 15) is 8.42 Å². The summed E-state index contributed by atoms with van der Waals surface area (Å²) in [6.45, 7) is 11.9. The van der Waals surface area contributed by atoms with Gasteiger partial charge in [0, 0.05) is 25.2 Å². The fraction of sp³-hybridized carbons (Fsp3) is 1.00. The molecule has 0 aromatic rings. The average Bonchev–Trinajstić information content (AvgIpc) is 2.33. The van der Waals surface area contributed by atoms with E-state index in [1.807, 2.05) is 0 Å². The van der Waals surface area contributed by atoms with Gasteiger partial charge in [0.1, 0.15) is 0 Å². The summed E-state index contributed by atoms with van der Waals surface area (Å²) in [7, 11) is -5.04. The number of nitrogens with two attached hydrogens (primary N) is 1. The van der Waals surface area contributed by atoms with Crippen LogP contribution in [-0.2, 0) is 14.4 Å². The Morgan fingerprint density at radius 1 is 1.18 bits per heavy atom. The maximum Gasteiger partial charge on any atom is 0.211 e. The first-order valence-electron chi connectivity index (χ1n) is 8.21. The average molecular weight is 351 g/mol. The summed E-state index contributed by atoms with van der Waals surface area (Å²) in [4.78, 5) is 0. The lowest BCUT2D eigenvalue weighted by Crippen LogP contribution is -2.47. The lowest BCUT2D eigenvalue weighted by Gasteiger charge is -2.38. The molecule has 0 amide bonds. The van der Waals surface area contributed by atoms with E-state index in [2.05, 4.69) is 33.9 Å². The van der Waals surface area contributed by atoms with Crippen LogP contribution in [0, 0.1) is 0 Å². The van der Waals surface area contributed by atoms with E-state index < -0.39 is 18.3 Å². The number of hydrogen-bond donors (Lipinski definition) is 1. The Bertz CT molecular complexity index is 452. The molecule has 0 aromatic carbocycles. The molecule has 0 atom stereocenters. The minimum atomic E-state index is -3.21. The first-order chi connectivity index (χ1) is 9.84. The van der Waals surface area contributed by atoms with E-state index in [1.165, 1.54) is 6.26 Å². The van der Waals surface area contributed by atoms with Crippen molar-refractivity contribution in [1.29, 1.82) is 0 Å². The third-order valence-electron chi connectivity index (χ3n) is 5.16. The molecule has 0 aliphatic heterocycles. The summed E-state index contributed by atoms with van der Waals surface area (Å²) >= 11 is 0. The van der Waals surface area contributed by atoms with Crippen LogP contribution in [-0.4, -0.2) is 52.5 Å². The number of sulfonamides is 1. The van der Waals surface area contributed by atoms with Gasteiger partial charge in [-0.15, -0.1) is 0 Å². The largest absolute Gasteiger partial charge is 0.415 e. The van der Waals surface area contributed by atoms with Crippen molar-refractivity contribution in [3.05, 3.63) is 0 Å². The van der Waals surface area contributed by atoms with E-state index in [-0.39, 0.29) is 17.1 Å². The summed E-state index contributed by atoms with van der Waals surface area (Å²) in [5.74, 6) is 0. The fourth-order valence-corrected chi connectivity index (χ4v) is 4.81. The molecule has 0 spiro atoms. The summed E-state index contributed by atoms with van der Waals surface area (Å²) in [6.07, 6.45) is 4.82. The van der Waals surface area contributed by atoms with Gasteiger partial charge in [-0.3, -0.25) is 0 Å². The van der Waals surface area contributed by atoms with Gasteiger partial charge >= 0.3 is 0 Å². The molecule has 0 heterocycles. The summed E-state index contributed by atoms with van der Waals surface area (Å²) < 4.78 is 32.0. The second-order valence-electron chi connectivity index (χ2n) is 8.05. The zero-order chi connectivity index (χ0) is 17.2. The predicted octanol–water partition coefficient (Wildman–Crippen LogP) is 2.54. The van der Waals surface area contributed by atoms with Crippen molar-refractivity contribution >= 4 is 18.3 Å². The maximum absolute atomic E-state index is 12.1. The Hall–Kier alpha value is 0.0469. The quantitative estimate of drug-likeness (QED) is 0.747. The van der Waals surface area contributed by atoms with Crippen LogP contribution in [0.15, 0.2) is 0 Å². The summed E-state index contributed by atoms with van der Waals surface area (Å²) in [6, 6.07) is 0.305. The first kappa shape index (κ1) is 20.1. The molecule has 5 nitrogen and oxygen atoms in total. The van der Waals surface area contributed by atoms with Gasteiger partial charge in [0.2, 0.25) is 10.0 Å². The van der Waals surface area contributed by atoms with Crippen LogP contribution in [0.4, 0.5) is 0 Å². The molecular weight excluding hydrogens is 316 g/mol. The highest BCUT2D eigenvalue weighted by Gasteiger charge is 2.37. The molecule has 0 unspecified atom stereocenters. The van der Waals surface area contributed by atoms with Crippen LogP contribution in [0.3, 0.4) is 0 Å². The van der Waals surface area contributed by atoms with E-state index in [1.54, 1.807) is 4.31 Å². The van der Waals surface area contributed by atoms with Crippen molar-refractivity contribution in [1.82, 2.24) is 4.31 Å². The van der Waals surface area contributed by atoms with Gasteiger partial charge < -0.3 is 10.2 Å². The zero-order valence-electron chi connectivity index (χ0n) is 15.1. The zero-order valence-corrected chi connectivity index (χ0v) is 16.9. The molecule has 1 fully saturated rings. The van der Waals surface area contributed by atoms with Crippen LogP contribution < -0.4 is 5.73 Å². The lowest BCUT2D eigenvalue weighted by molar-refractivity contribution is 0.196. The van der Waals surface area contributed by atoms with Crippen molar-refractivity contribution in [3.8, 4) is 0 Å². The Kier molecular flexibility index (Phi) is 6.66. The molecule has 22 heavy (non-hydrogen) atoms. The minimum absolute atomic E-state index is 0.0813. The highest BCUT2D eigenvalue weighted by Crippen LogP contribution is 2.36. The lowest BCUT2D eigenvalue weighted by atomic mass is 9.92. The fourth-order valence-electron chi connectivity index (χ4n) is 2.62. The monoisotopic (exact) mass is 350 g/mol. The topological polar surface area (TPSA) is 72.6 Å². The highest BCUT2D eigenvalue weighted by atomic mass is 32.2. The third kappa shape index (κ3) is 5.60. The van der Waals surface area contributed by atoms with E-state index in [4.69, 9.17) is 10.2 Å². The van der Waals surface area contributed by atoms with Crippen molar-refractivity contribution in [2.45, 2.75) is 76.7 Å². The molecule has 1 aliphatic rings. The third-order valence-corrected chi connectivity index (χ3v) is 11.0. The standard InChI is InChI=1S/C15H34N2O3SSi/c1-15(2,3)22(5,6)20-12-11-17(21(4,18)19)14-9-7-13(16)8-10-14/h13-14H,7-12,16H2,1-6H3. The van der Waals surface area contributed by atoms with Gasteiger partial charge in [-0.2, -0.15) is 4.31 Å². The van der Waals surface area contributed by atoms with E-state index >= 15 is 0 Å². The van der Waals surface area contributed by atoms with E-state index in [0.29, 0.717) is 13.2 Å². The molecule has 132 valence electrons. The molecule has 1 aliphatic carbocycles. The molecule has 1 rings (SSSR count). The molecule has 1 saturated carbocycles. The molecule has 0 saturated heterocycles. The van der Waals surface area contributed by atoms with Crippen LogP contribution >= 0.6 is 0 Å². The molecule has 7 heteroatoms. The van der Waals surface area contributed by atoms with E-state index in [0.717, 1.165) is 25.7 Å². The SMILES string of the molecule is CC(C)(C)[Si](C)(C)OCCN(C1CCC(N)CC1)S(C)(=O)=O. The molecular formula is C15H34N2O3SSi. The maximum atomic E-state index is 12.1. The Morgan fingerprint density at radius 3 is 2.09 bits per heavy atom. The number of rotatable bonds is 6. The van der Waals surface area contributed by atoms with Crippen LogP contribution in [0.2, 0.25) is 18.1 Å². The van der Waals surface area contributed by atoms with Crippen molar-refractivity contribution < 1.29 is 12.8 Å². The number of nitrogens with zero attached hydrogens (tertiary/aromatic N) is 1. The highest BCUT2D eigenvalue weighted by molar-refractivity contribution is 7.88. The normalized spacial score (nSPS) is 24.7. The molecule has 0 aromatic heterocycles. The molecule has 0 radical (unpaired) electrons. The summed E-state index contributed by atoms with van der Waals surface area (Å²) in [5.41, 5.74) is 5.92. The molecule has 0 bridgehead atoms. The predicted molar refractivity (Wildman–Crippen MR) is 94.9 cm³/mol. The van der Waals surface area contributed by atoms with Crippen LogP contribution in [0.25, 0.3) is 0 Å². The number of hydrogen-bond acceptors (Lipinski definition) is 4. The van der Waals surface area contributed by atoms with Crippen molar-refractivity contribution in [3.63, 3.8) is 0 Å². The first-order valence-corrected chi connectivity index (χ1v) is 13.0. The van der Waals surface area contributed by atoms with Gasteiger partial charge in [0.15, 0.2) is 8.32 Å². The van der Waals surface area contributed by atoms with Gasteiger partial charge in [0.05, 0.1) is 6.26 Å². The second kappa shape index (κ2) is 7.30.